The van der Waals surface area contributed by atoms with Gasteiger partial charge >= 0.3 is 7.82 Å². The zero-order valence-electron chi connectivity index (χ0n) is 11.9. The van der Waals surface area contributed by atoms with Crippen LogP contribution < -0.4 is 0 Å². The summed E-state index contributed by atoms with van der Waals surface area (Å²) >= 11 is 0. The van der Waals surface area contributed by atoms with Crippen LogP contribution in [0.5, 0.6) is 0 Å². The zero-order valence-corrected chi connectivity index (χ0v) is 12.8. The molecule has 0 heterocycles. The van der Waals surface area contributed by atoms with Crippen LogP contribution in [0.1, 0.15) is 52.9 Å². The molecule has 5 heteroatoms. The predicted octanol–water partition coefficient (Wildman–Crippen LogP) is 4.71. The summed E-state index contributed by atoms with van der Waals surface area (Å²) in [6.07, 6.45) is 9.95. The van der Waals surface area contributed by atoms with E-state index in [0.717, 1.165) is 6.42 Å². The molecule has 0 aromatic carbocycles. The number of hydrogen-bond acceptors (Lipinski definition) is 4. The van der Waals surface area contributed by atoms with Gasteiger partial charge < -0.3 is 0 Å². The first-order valence-electron chi connectivity index (χ1n) is 6.87. The lowest BCUT2D eigenvalue weighted by molar-refractivity contribution is 0.131. The topological polar surface area (TPSA) is 44.8 Å². The van der Waals surface area contributed by atoms with Gasteiger partial charge in [-0.2, -0.15) is 0 Å². The van der Waals surface area contributed by atoms with Crippen LogP contribution in [0.15, 0.2) is 12.2 Å². The van der Waals surface area contributed by atoms with Crippen LogP contribution in [-0.2, 0) is 18.1 Å². The third-order valence-electron chi connectivity index (χ3n) is 2.29. The molecule has 0 unspecified atom stereocenters. The molecule has 0 amide bonds. The maximum Gasteiger partial charge on any atom is 0.475 e. The number of phosphoric ester groups is 1. The average Bonchev–Trinajstić information content (AvgIpc) is 2.33. The number of allylic oxidation sites excluding steroid dienone is 1. The lowest BCUT2D eigenvalue weighted by Gasteiger charge is -2.14. The van der Waals surface area contributed by atoms with E-state index in [2.05, 4.69) is 13.0 Å². The van der Waals surface area contributed by atoms with Crippen LogP contribution in [-0.4, -0.2) is 19.8 Å². The van der Waals surface area contributed by atoms with E-state index in [1.807, 2.05) is 6.08 Å². The molecular formula is C13H27O4P. The maximum absolute atomic E-state index is 11.9. The first kappa shape index (κ1) is 17.8. The molecule has 0 spiro atoms. The minimum Gasteiger partial charge on any atom is -0.287 e. The number of rotatable bonds is 12. The van der Waals surface area contributed by atoms with Gasteiger partial charge in [-0.3, -0.25) is 13.6 Å². The molecule has 0 fully saturated rings. The third-order valence-corrected chi connectivity index (χ3v) is 3.91. The Hall–Kier alpha value is -0.150. The van der Waals surface area contributed by atoms with Crippen molar-refractivity contribution in [1.82, 2.24) is 0 Å². The van der Waals surface area contributed by atoms with Crippen molar-refractivity contribution >= 4 is 7.82 Å². The van der Waals surface area contributed by atoms with Crippen LogP contribution in [0.2, 0.25) is 0 Å². The lowest BCUT2D eigenvalue weighted by atomic mass is 10.1. The van der Waals surface area contributed by atoms with E-state index in [4.69, 9.17) is 13.6 Å². The Bertz CT molecular complexity index is 243. The highest BCUT2D eigenvalue weighted by atomic mass is 31.2. The third kappa shape index (κ3) is 9.84. The van der Waals surface area contributed by atoms with Crippen LogP contribution in [0.4, 0.5) is 0 Å². The fourth-order valence-electron chi connectivity index (χ4n) is 1.44. The summed E-state index contributed by atoms with van der Waals surface area (Å²) in [5, 5.41) is 0. The standard InChI is InChI=1S/C13H27O4P/c1-4-7-8-9-10-11-12-13-17-18(14,15-5-2)16-6-3/h11-12H,4-10,13H2,1-3H3/b12-11+. The number of hydrogen-bond donors (Lipinski definition) is 0. The van der Waals surface area contributed by atoms with Gasteiger partial charge in [-0.1, -0.05) is 38.3 Å². The van der Waals surface area contributed by atoms with E-state index in [1.165, 1.54) is 25.7 Å². The number of unbranched alkanes of at least 4 members (excludes halogenated alkanes) is 4. The minimum absolute atomic E-state index is 0.269. The van der Waals surface area contributed by atoms with Crippen LogP contribution in [0.25, 0.3) is 0 Å². The first-order valence-corrected chi connectivity index (χ1v) is 8.33. The summed E-state index contributed by atoms with van der Waals surface area (Å²) in [5.41, 5.74) is 0. The Labute approximate surface area is 111 Å². The van der Waals surface area contributed by atoms with Crippen molar-refractivity contribution in [1.29, 1.82) is 0 Å². The van der Waals surface area contributed by atoms with Gasteiger partial charge in [0.05, 0.1) is 19.8 Å². The Morgan fingerprint density at radius 1 is 0.889 bits per heavy atom. The second-order valence-corrected chi connectivity index (χ2v) is 5.57. The molecule has 0 saturated carbocycles. The average molecular weight is 278 g/mol. The highest BCUT2D eigenvalue weighted by Crippen LogP contribution is 2.49. The molecule has 0 rings (SSSR count). The second-order valence-electron chi connectivity index (χ2n) is 3.90. The van der Waals surface area contributed by atoms with Crippen molar-refractivity contribution < 1.29 is 18.1 Å². The Kier molecular flexibility index (Phi) is 11.8. The molecule has 0 aromatic heterocycles. The summed E-state index contributed by atoms with van der Waals surface area (Å²) in [5.74, 6) is 0. The molecule has 0 atom stereocenters. The van der Waals surface area contributed by atoms with Crippen molar-refractivity contribution in [2.45, 2.75) is 52.9 Å². The molecule has 0 radical (unpaired) electrons. The molecule has 0 bridgehead atoms. The van der Waals surface area contributed by atoms with E-state index in [0.29, 0.717) is 13.2 Å². The normalized spacial score (nSPS) is 12.4. The van der Waals surface area contributed by atoms with E-state index < -0.39 is 7.82 Å². The molecule has 0 aliphatic rings. The fraction of sp³-hybridized carbons (Fsp3) is 0.846. The van der Waals surface area contributed by atoms with E-state index >= 15 is 0 Å². The molecule has 0 saturated heterocycles. The van der Waals surface area contributed by atoms with Crippen molar-refractivity contribution in [3.63, 3.8) is 0 Å². The molecular weight excluding hydrogens is 251 g/mol. The van der Waals surface area contributed by atoms with Gasteiger partial charge in [-0.15, -0.1) is 0 Å². The molecule has 108 valence electrons. The van der Waals surface area contributed by atoms with Crippen LogP contribution in [0.3, 0.4) is 0 Å². The zero-order chi connectivity index (χ0) is 13.7. The smallest absolute Gasteiger partial charge is 0.287 e. The van der Waals surface area contributed by atoms with Gasteiger partial charge in [0.1, 0.15) is 0 Å². The largest absolute Gasteiger partial charge is 0.475 e. The van der Waals surface area contributed by atoms with Gasteiger partial charge in [-0.25, -0.2) is 4.57 Å². The highest BCUT2D eigenvalue weighted by Gasteiger charge is 2.24. The van der Waals surface area contributed by atoms with Crippen molar-refractivity contribution in [2.24, 2.45) is 0 Å². The molecule has 0 aliphatic carbocycles. The van der Waals surface area contributed by atoms with E-state index in [-0.39, 0.29) is 6.61 Å². The van der Waals surface area contributed by atoms with Crippen LogP contribution in [0, 0.1) is 0 Å². The quantitative estimate of drug-likeness (QED) is 0.294. The first-order chi connectivity index (χ1) is 8.68. The monoisotopic (exact) mass is 278 g/mol. The summed E-state index contributed by atoms with van der Waals surface area (Å²) in [4.78, 5) is 0. The van der Waals surface area contributed by atoms with Gasteiger partial charge in [0.25, 0.3) is 0 Å². The molecule has 4 nitrogen and oxygen atoms in total. The van der Waals surface area contributed by atoms with Gasteiger partial charge in [0, 0.05) is 0 Å². The second kappa shape index (κ2) is 11.9. The Balaban J connectivity index is 3.71. The fourth-order valence-corrected chi connectivity index (χ4v) is 2.56. The van der Waals surface area contributed by atoms with E-state index in [1.54, 1.807) is 13.8 Å². The SMILES string of the molecule is CCCCCC/C=C/COP(=O)(OCC)OCC. The van der Waals surface area contributed by atoms with E-state index in [9.17, 15) is 4.57 Å². The highest BCUT2D eigenvalue weighted by molar-refractivity contribution is 7.48. The summed E-state index contributed by atoms with van der Waals surface area (Å²) in [7, 11) is -3.34. The predicted molar refractivity (Wildman–Crippen MR) is 74.7 cm³/mol. The van der Waals surface area contributed by atoms with Gasteiger partial charge in [0.2, 0.25) is 0 Å². The molecule has 0 N–H and O–H groups in total. The van der Waals surface area contributed by atoms with Crippen LogP contribution >= 0.6 is 7.82 Å². The Morgan fingerprint density at radius 3 is 2.11 bits per heavy atom. The maximum atomic E-state index is 11.9. The molecule has 18 heavy (non-hydrogen) atoms. The lowest BCUT2D eigenvalue weighted by Crippen LogP contribution is -2.00. The minimum atomic E-state index is -3.34. The summed E-state index contributed by atoms with van der Waals surface area (Å²) in [6.45, 7) is 6.63. The van der Waals surface area contributed by atoms with Gasteiger partial charge in [0.15, 0.2) is 0 Å². The molecule has 0 aromatic rings. The molecule has 0 aliphatic heterocycles. The van der Waals surface area contributed by atoms with Crippen molar-refractivity contribution in [2.75, 3.05) is 19.8 Å². The Morgan fingerprint density at radius 2 is 1.56 bits per heavy atom. The summed E-state index contributed by atoms with van der Waals surface area (Å²) < 4.78 is 27.1. The number of phosphoric acid groups is 1. The van der Waals surface area contributed by atoms with Gasteiger partial charge in [-0.05, 0) is 26.7 Å². The van der Waals surface area contributed by atoms with Crippen molar-refractivity contribution in [3.8, 4) is 0 Å². The summed E-state index contributed by atoms with van der Waals surface area (Å²) in [6, 6.07) is 0. The van der Waals surface area contributed by atoms with Crippen molar-refractivity contribution in [3.05, 3.63) is 12.2 Å².